The molecule has 0 saturated heterocycles. The highest BCUT2D eigenvalue weighted by atomic mass is 32.2. The molecule has 17 heavy (non-hydrogen) atoms. The van der Waals surface area contributed by atoms with Crippen molar-refractivity contribution < 1.29 is 8.42 Å². The van der Waals surface area contributed by atoms with Crippen LogP contribution in [0.5, 0.6) is 0 Å². The maximum Gasteiger partial charge on any atom is 0.191 e. The molecule has 0 radical (unpaired) electrons. The molecule has 0 aliphatic rings. The summed E-state index contributed by atoms with van der Waals surface area (Å²) in [6, 6.07) is 0. The first-order valence-electron chi connectivity index (χ1n) is 6.13. The lowest BCUT2D eigenvalue weighted by molar-refractivity contribution is 0.595. The Morgan fingerprint density at radius 1 is 1.24 bits per heavy atom. The SMILES string of the molecule is CCNC(=NCC(C)C)NCCS(=O)(=O)CC. The molecule has 0 aliphatic heterocycles. The van der Waals surface area contributed by atoms with Crippen LogP contribution in [-0.4, -0.2) is 45.5 Å². The largest absolute Gasteiger partial charge is 0.357 e. The maximum absolute atomic E-state index is 11.3. The second-order valence-corrected chi connectivity index (χ2v) is 6.75. The summed E-state index contributed by atoms with van der Waals surface area (Å²) < 4.78 is 22.6. The normalized spacial score (nSPS) is 12.9. The van der Waals surface area contributed by atoms with Crippen LogP contribution in [0.25, 0.3) is 0 Å². The molecule has 6 heteroatoms. The molecule has 0 saturated carbocycles. The van der Waals surface area contributed by atoms with Gasteiger partial charge in [0.15, 0.2) is 15.8 Å². The summed E-state index contributed by atoms with van der Waals surface area (Å²) in [6.07, 6.45) is 0. The molecule has 0 atom stereocenters. The van der Waals surface area contributed by atoms with Crippen LogP contribution in [0.1, 0.15) is 27.7 Å². The standard InChI is InChI=1S/C11H25N3O2S/c1-5-12-11(14-9-10(3)4)13-7-8-17(15,16)6-2/h10H,5-9H2,1-4H3,(H2,12,13,14). The zero-order chi connectivity index (χ0) is 13.3. The minimum atomic E-state index is -2.91. The van der Waals surface area contributed by atoms with Crippen molar-refractivity contribution in [3.63, 3.8) is 0 Å². The number of rotatable bonds is 7. The number of aliphatic imine (C=N–C) groups is 1. The van der Waals surface area contributed by atoms with Crippen molar-refractivity contribution in [2.45, 2.75) is 27.7 Å². The number of hydrogen-bond acceptors (Lipinski definition) is 3. The fourth-order valence-corrected chi connectivity index (χ4v) is 1.79. The summed E-state index contributed by atoms with van der Waals surface area (Å²) in [6.45, 7) is 9.73. The molecule has 0 aliphatic carbocycles. The molecular formula is C11H25N3O2S. The van der Waals surface area contributed by atoms with Crippen molar-refractivity contribution in [2.24, 2.45) is 10.9 Å². The van der Waals surface area contributed by atoms with E-state index in [0.29, 0.717) is 18.4 Å². The summed E-state index contributed by atoms with van der Waals surface area (Å²) in [5.41, 5.74) is 0. The fourth-order valence-electron chi connectivity index (χ4n) is 1.08. The predicted molar refractivity (Wildman–Crippen MR) is 73.1 cm³/mol. The first-order chi connectivity index (χ1) is 7.91. The van der Waals surface area contributed by atoms with Gasteiger partial charge < -0.3 is 10.6 Å². The summed E-state index contributed by atoms with van der Waals surface area (Å²) in [5, 5.41) is 6.11. The minimum Gasteiger partial charge on any atom is -0.357 e. The van der Waals surface area contributed by atoms with Crippen LogP contribution < -0.4 is 10.6 Å². The second kappa shape index (κ2) is 8.33. The first kappa shape index (κ1) is 16.2. The summed E-state index contributed by atoms with van der Waals surface area (Å²) in [7, 11) is -2.91. The highest BCUT2D eigenvalue weighted by molar-refractivity contribution is 7.91. The van der Waals surface area contributed by atoms with E-state index in [1.54, 1.807) is 6.92 Å². The van der Waals surface area contributed by atoms with Gasteiger partial charge in [-0.05, 0) is 12.8 Å². The number of hydrogen-bond donors (Lipinski definition) is 2. The fraction of sp³-hybridized carbons (Fsp3) is 0.909. The van der Waals surface area contributed by atoms with E-state index >= 15 is 0 Å². The van der Waals surface area contributed by atoms with Gasteiger partial charge in [-0.2, -0.15) is 0 Å². The Morgan fingerprint density at radius 3 is 2.35 bits per heavy atom. The number of sulfone groups is 1. The Kier molecular flexibility index (Phi) is 7.95. The molecule has 0 amide bonds. The number of nitrogens with zero attached hydrogens (tertiary/aromatic N) is 1. The molecule has 0 fully saturated rings. The maximum atomic E-state index is 11.3. The highest BCUT2D eigenvalue weighted by Gasteiger charge is 2.07. The Morgan fingerprint density at radius 2 is 1.88 bits per heavy atom. The molecule has 0 aromatic carbocycles. The minimum absolute atomic E-state index is 0.148. The summed E-state index contributed by atoms with van der Waals surface area (Å²) >= 11 is 0. The second-order valence-electron chi connectivity index (χ2n) is 4.28. The van der Waals surface area contributed by atoms with Gasteiger partial charge in [-0.1, -0.05) is 20.8 Å². The molecule has 0 unspecified atom stereocenters. The third-order valence-corrected chi connectivity index (χ3v) is 3.81. The van der Waals surface area contributed by atoms with Crippen LogP contribution in [0.2, 0.25) is 0 Å². The van der Waals surface area contributed by atoms with Crippen LogP contribution in [-0.2, 0) is 9.84 Å². The van der Waals surface area contributed by atoms with Gasteiger partial charge >= 0.3 is 0 Å². The van der Waals surface area contributed by atoms with Gasteiger partial charge in [0.2, 0.25) is 0 Å². The van der Waals surface area contributed by atoms with Gasteiger partial charge in [-0.15, -0.1) is 0 Å². The van der Waals surface area contributed by atoms with Crippen molar-refractivity contribution in [2.75, 3.05) is 31.1 Å². The number of nitrogens with one attached hydrogen (secondary N) is 2. The van der Waals surface area contributed by atoms with Crippen LogP contribution in [0.15, 0.2) is 4.99 Å². The molecule has 0 spiro atoms. The lowest BCUT2D eigenvalue weighted by atomic mass is 10.2. The third-order valence-electron chi connectivity index (χ3n) is 2.10. The molecule has 0 aromatic heterocycles. The number of guanidine groups is 1. The molecule has 0 aromatic rings. The third kappa shape index (κ3) is 8.97. The van der Waals surface area contributed by atoms with E-state index in [2.05, 4.69) is 29.5 Å². The summed E-state index contributed by atoms with van der Waals surface area (Å²) in [4.78, 5) is 4.36. The lowest BCUT2D eigenvalue weighted by Crippen LogP contribution is -2.40. The Balaban J connectivity index is 4.14. The predicted octanol–water partition coefficient (Wildman–Crippen LogP) is 0.632. The van der Waals surface area contributed by atoms with Gasteiger partial charge in [0, 0.05) is 25.4 Å². The highest BCUT2D eigenvalue weighted by Crippen LogP contribution is 1.91. The summed E-state index contributed by atoms with van der Waals surface area (Å²) in [5.74, 6) is 1.52. The van der Waals surface area contributed by atoms with Crippen LogP contribution >= 0.6 is 0 Å². The molecular weight excluding hydrogens is 238 g/mol. The zero-order valence-corrected chi connectivity index (χ0v) is 12.1. The van der Waals surface area contributed by atoms with E-state index in [-0.39, 0.29) is 11.5 Å². The van der Waals surface area contributed by atoms with Crippen molar-refractivity contribution in [3.05, 3.63) is 0 Å². The Hall–Kier alpha value is -0.780. The molecule has 0 rings (SSSR count). The zero-order valence-electron chi connectivity index (χ0n) is 11.3. The van der Waals surface area contributed by atoms with E-state index in [9.17, 15) is 8.42 Å². The van der Waals surface area contributed by atoms with E-state index in [0.717, 1.165) is 13.1 Å². The topological polar surface area (TPSA) is 70.6 Å². The van der Waals surface area contributed by atoms with Crippen LogP contribution in [0, 0.1) is 5.92 Å². The lowest BCUT2D eigenvalue weighted by Gasteiger charge is -2.11. The van der Waals surface area contributed by atoms with Gasteiger partial charge in [0.1, 0.15) is 0 Å². The molecule has 2 N–H and O–H groups in total. The molecule has 102 valence electrons. The van der Waals surface area contributed by atoms with E-state index in [1.807, 2.05) is 6.92 Å². The van der Waals surface area contributed by atoms with Crippen molar-refractivity contribution in [1.29, 1.82) is 0 Å². The van der Waals surface area contributed by atoms with Crippen molar-refractivity contribution in [3.8, 4) is 0 Å². The monoisotopic (exact) mass is 263 g/mol. The quantitative estimate of drug-likeness (QED) is 0.522. The average Bonchev–Trinajstić information content (AvgIpc) is 2.25. The van der Waals surface area contributed by atoms with Gasteiger partial charge in [-0.3, -0.25) is 4.99 Å². The average molecular weight is 263 g/mol. The smallest absolute Gasteiger partial charge is 0.191 e. The molecule has 5 nitrogen and oxygen atoms in total. The van der Waals surface area contributed by atoms with Crippen LogP contribution in [0.4, 0.5) is 0 Å². The van der Waals surface area contributed by atoms with Gasteiger partial charge in [0.25, 0.3) is 0 Å². The van der Waals surface area contributed by atoms with E-state index in [1.165, 1.54) is 0 Å². The van der Waals surface area contributed by atoms with E-state index in [4.69, 9.17) is 0 Å². The van der Waals surface area contributed by atoms with E-state index < -0.39 is 9.84 Å². The van der Waals surface area contributed by atoms with Crippen molar-refractivity contribution >= 4 is 15.8 Å². The van der Waals surface area contributed by atoms with Gasteiger partial charge in [0.05, 0.1) is 5.75 Å². The first-order valence-corrected chi connectivity index (χ1v) is 7.96. The van der Waals surface area contributed by atoms with Crippen molar-refractivity contribution in [1.82, 2.24) is 10.6 Å². The van der Waals surface area contributed by atoms with Gasteiger partial charge in [-0.25, -0.2) is 8.42 Å². The Bertz CT molecular complexity index is 324. The molecule has 0 heterocycles. The van der Waals surface area contributed by atoms with Crippen LogP contribution in [0.3, 0.4) is 0 Å². The molecule has 0 bridgehead atoms. The Labute approximate surface area is 105 Å².